The summed E-state index contributed by atoms with van der Waals surface area (Å²) in [5, 5.41) is 12.7. The molecule has 0 aliphatic carbocycles. The normalized spacial score (nSPS) is 22.5. The van der Waals surface area contributed by atoms with Gasteiger partial charge in [0.2, 0.25) is 0 Å². The Labute approximate surface area is 132 Å². The summed E-state index contributed by atoms with van der Waals surface area (Å²) in [4.78, 5) is 14.0. The van der Waals surface area contributed by atoms with E-state index in [0.717, 1.165) is 6.54 Å². The molecule has 0 unspecified atom stereocenters. The van der Waals surface area contributed by atoms with Gasteiger partial charge in [0, 0.05) is 25.7 Å². The minimum absolute atomic E-state index is 0.128. The summed E-state index contributed by atoms with van der Waals surface area (Å²) in [6, 6.07) is 10.3. The number of likely N-dealkylation sites (tertiary alicyclic amines) is 1. The average molecular weight is 306 g/mol. The van der Waals surface area contributed by atoms with Gasteiger partial charge in [-0.1, -0.05) is 30.3 Å². The predicted molar refractivity (Wildman–Crippen MR) is 85.5 cm³/mol. The molecule has 1 aliphatic rings. The Bertz CT molecular complexity index is 484. The number of carbonyl (C=O) groups excluding carboxylic acids is 1. The van der Waals surface area contributed by atoms with Gasteiger partial charge < -0.3 is 15.2 Å². The van der Waals surface area contributed by atoms with Crippen molar-refractivity contribution < 1.29 is 14.6 Å². The van der Waals surface area contributed by atoms with Gasteiger partial charge in [-0.05, 0) is 32.8 Å². The van der Waals surface area contributed by atoms with Crippen LogP contribution in [0, 0.1) is 0 Å². The van der Waals surface area contributed by atoms with Gasteiger partial charge in [-0.2, -0.15) is 0 Å². The summed E-state index contributed by atoms with van der Waals surface area (Å²) >= 11 is 0. The number of alkyl carbamates (subject to hydrolysis) is 1. The van der Waals surface area contributed by atoms with Crippen LogP contribution in [0.5, 0.6) is 0 Å². The first-order valence-corrected chi connectivity index (χ1v) is 7.76. The number of nitrogens with one attached hydrogen (secondary N) is 1. The van der Waals surface area contributed by atoms with Gasteiger partial charge in [0.15, 0.2) is 0 Å². The molecule has 1 amide bonds. The largest absolute Gasteiger partial charge is 0.444 e. The zero-order valence-corrected chi connectivity index (χ0v) is 13.6. The number of carbonyl (C=O) groups is 1. The highest BCUT2D eigenvalue weighted by atomic mass is 16.6. The van der Waals surface area contributed by atoms with Gasteiger partial charge >= 0.3 is 6.09 Å². The van der Waals surface area contributed by atoms with E-state index in [1.807, 2.05) is 39.0 Å². The van der Waals surface area contributed by atoms with Crippen molar-refractivity contribution in [3.63, 3.8) is 0 Å². The van der Waals surface area contributed by atoms with Crippen LogP contribution in [-0.4, -0.2) is 46.9 Å². The Balaban J connectivity index is 1.87. The highest BCUT2D eigenvalue weighted by Crippen LogP contribution is 2.20. The number of nitrogens with zero attached hydrogens (tertiary/aromatic N) is 1. The third-order valence-electron chi connectivity index (χ3n) is 3.62. The van der Waals surface area contributed by atoms with E-state index >= 15 is 0 Å². The van der Waals surface area contributed by atoms with E-state index in [2.05, 4.69) is 22.3 Å². The van der Waals surface area contributed by atoms with Crippen LogP contribution >= 0.6 is 0 Å². The van der Waals surface area contributed by atoms with Crippen molar-refractivity contribution in [3.8, 4) is 0 Å². The van der Waals surface area contributed by atoms with Gasteiger partial charge in [0.1, 0.15) is 5.60 Å². The third kappa shape index (κ3) is 5.31. The fourth-order valence-corrected chi connectivity index (χ4v) is 2.70. The molecule has 22 heavy (non-hydrogen) atoms. The molecule has 2 atom stereocenters. The van der Waals surface area contributed by atoms with E-state index in [4.69, 9.17) is 4.74 Å². The molecule has 0 saturated carbocycles. The molecule has 2 N–H and O–H groups in total. The zero-order valence-electron chi connectivity index (χ0n) is 13.6. The third-order valence-corrected chi connectivity index (χ3v) is 3.62. The Morgan fingerprint density at radius 3 is 2.68 bits per heavy atom. The fourth-order valence-electron chi connectivity index (χ4n) is 2.70. The second-order valence-electron chi connectivity index (χ2n) is 6.84. The van der Waals surface area contributed by atoms with Gasteiger partial charge in [0.25, 0.3) is 0 Å². The Kier molecular flexibility index (Phi) is 5.42. The first-order chi connectivity index (χ1) is 10.3. The highest BCUT2D eigenvalue weighted by Gasteiger charge is 2.31. The van der Waals surface area contributed by atoms with Crippen molar-refractivity contribution in [1.82, 2.24) is 10.2 Å². The zero-order chi connectivity index (χ0) is 16.2. The van der Waals surface area contributed by atoms with Crippen LogP contribution < -0.4 is 5.32 Å². The molecular weight excluding hydrogens is 280 g/mol. The molecular formula is C17H26N2O3. The molecule has 5 heteroatoms. The average Bonchev–Trinajstić information content (AvgIpc) is 2.76. The summed E-state index contributed by atoms with van der Waals surface area (Å²) in [7, 11) is 0. The predicted octanol–water partition coefficient (Wildman–Crippen LogP) is 2.15. The van der Waals surface area contributed by atoms with Crippen LogP contribution in [-0.2, 0) is 11.3 Å². The van der Waals surface area contributed by atoms with Crippen molar-refractivity contribution in [3.05, 3.63) is 35.9 Å². The molecule has 0 spiro atoms. The molecule has 1 aliphatic heterocycles. The van der Waals surface area contributed by atoms with Crippen molar-refractivity contribution in [2.24, 2.45) is 0 Å². The minimum Gasteiger partial charge on any atom is -0.444 e. The second-order valence-corrected chi connectivity index (χ2v) is 6.84. The molecule has 0 radical (unpaired) electrons. The Morgan fingerprint density at radius 2 is 2.05 bits per heavy atom. The van der Waals surface area contributed by atoms with Gasteiger partial charge in [-0.15, -0.1) is 0 Å². The van der Waals surface area contributed by atoms with Crippen LogP contribution in [0.25, 0.3) is 0 Å². The Hall–Kier alpha value is -1.59. The monoisotopic (exact) mass is 306 g/mol. The van der Waals surface area contributed by atoms with Crippen molar-refractivity contribution >= 4 is 6.09 Å². The number of β-amino-alcohol motifs (C(OH)–C–C–N with tert-alkyl or cyclic N) is 1. The molecule has 1 aromatic rings. The van der Waals surface area contributed by atoms with Crippen LogP contribution in [0.2, 0.25) is 0 Å². The highest BCUT2D eigenvalue weighted by molar-refractivity contribution is 5.67. The molecule has 5 nitrogen and oxygen atoms in total. The number of ether oxygens (including phenoxy) is 1. The standard InChI is InChI=1S/C17H26N2O3/c1-17(2,3)22-16(21)18-10-14-9-15(20)12-19(14)11-13-7-5-4-6-8-13/h4-8,14-15,20H,9-12H2,1-3H3,(H,18,21)/t14-,15-/m0/s1. The van der Waals surface area contributed by atoms with E-state index < -0.39 is 11.7 Å². The number of aliphatic hydroxyl groups is 1. The summed E-state index contributed by atoms with van der Waals surface area (Å²) in [6.45, 7) is 7.42. The number of benzene rings is 1. The SMILES string of the molecule is CC(C)(C)OC(=O)NC[C@@H]1C[C@H](O)CN1Cc1ccccc1. The molecule has 1 heterocycles. The maximum absolute atomic E-state index is 11.7. The lowest BCUT2D eigenvalue weighted by atomic mass is 10.1. The van der Waals surface area contributed by atoms with Crippen molar-refractivity contribution in [2.45, 2.75) is 51.5 Å². The van der Waals surface area contributed by atoms with Crippen LogP contribution in [0.3, 0.4) is 0 Å². The number of rotatable bonds is 4. The van der Waals surface area contributed by atoms with Crippen molar-refractivity contribution in [1.29, 1.82) is 0 Å². The first kappa shape index (κ1) is 16.8. The first-order valence-electron chi connectivity index (χ1n) is 7.76. The molecule has 2 rings (SSSR count). The molecule has 1 saturated heterocycles. The van der Waals surface area contributed by atoms with E-state index in [0.29, 0.717) is 19.5 Å². The number of aliphatic hydroxyl groups excluding tert-OH is 1. The number of amides is 1. The van der Waals surface area contributed by atoms with Crippen molar-refractivity contribution in [2.75, 3.05) is 13.1 Å². The Morgan fingerprint density at radius 1 is 1.36 bits per heavy atom. The minimum atomic E-state index is -0.497. The lowest BCUT2D eigenvalue weighted by Crippen LogP contribution is -2.41. The second kappa shape index (κ2) is 7.11. The maximum Gasteiger partial charge on any atom is 0.407 e. The van der Waals surface area contributed by atoms with Crippen LogP contribution in [0.1, 0.15) is 32.8 Å². The van der Waals surface area contributed by atoms with E-state index in [1.54, 1.807) is 0 Å². The van der Waals surface area contributed by atoms with Gasteiger partial charge in [0.05, 0.1) is 6.10 Å². The molecule has 122 valence electrons. The summed E-state index contributed by atoms with van der Waals surface area (Å²) in [5.74, 6) is 0. The van der Waals surface area contributed by atoms with Crippen LogP contribution in [0.4, 0.5) is 4.79 Å². The lowest BCUT2D eigenvalue weighted by Gasteiger charge is -2.25. The quantitative estimate of drug-likeness (QED) is 0.895. The van der Waals surface area contributed by atoms with E-state index in [9.17, 15) is 9.90 Å². The number of hydrogen-bond acceptors (Lipinski definition) is 4. The molecule has 0 aromatic heterocycles. The lowest BCUT2D eigenvalue weighted by molar-refractivity contribution is 0.0512. The maximum atomic E-state index is 11.7. The smallest absolute Gasteiger partial charge is 0.407 e. The van der Waals surface area contributed by atoms with Gasteiger partial charge in [-0.25, -0.2) is 4.79 Å². The van der Waals surface area contributed by atoms with E-state index in [-0.39, 0.29) is 12.1 Å². The topological polar surface area (TPSA) is 61.8 Å². The summed E-state index contributed by atoms with van der Waals surface area (Å²) in [6.07, 6.45) is -0.0782. The molecule has 1 aromatic carbocycles. The number of hydrogen-bond donors (Lipinski definition) is 2. The molecule has 1 fully saturated rings. The summed E-state index contributed by atoms with van der Waals surface area (Å²) < 4.78 is 5.25. The molecule has 0 bridgehead atoms. The fraction of sp³-hybridized carbons (Fsp3) is 0.588. The van der Waals surface area contributed by atoms with Crippen LogP contribution in [0.15, 0.2) is 30.3 Å². The summed E-state index contributed by atoms with van der Waals surface area (Å²) in [5.41, 5.74) is 0.710. The van der Waals surface area contributed by atoms with Gasteiger partial charge in [-0.3, -0.25) is 4.90 Å². The van der Waals surface area contributed by atoms with E-state index in [1.165, 1.54) is 5.56 Å².